The Balaban J connectivity index is 1.28. The molecular weight excluding hydrogens is 601 g/mol. The van der Waals surface area contributed by atoms with E-state index in [1.54, 1.807) is 11.8 Å². The minimum Gasteiger partial charge on any atom is -0.325 e. The third kappa shape index (κ3) is 5.66. The van der Waals surface area contributed by atoms with Crippen molar-refractivity contribution in [3.8, 4) is 0 Å². The molecule has 0 aromatic heterocycles. The van der Waals surface area contributed by atoms with Crippen LogP contribution in [-0.2, 0) is 4.79 Å². The first-order valence-corrected chi connectivity index (χ1v) is 14.4. The Morgan fingerprint density at radius 3 is 2.56 bits per heavy atom. The summed E-state index contributed by atoms with van der Waals surface area (Å²) < 4.78 is 1.12. The van der Waals surface area contributed by atoms with E-state index in [9.17, 15) is 9.59 Å². The summed E-state index contributed by atoms with van der Waals surface area (Å²) in [5.41, 5.74) is 2.38. The molecule has 1 aliphatic heterocycles. The summed E-state index contributed by atoms with van der Waals surface area (Å²) in [4.78, 5) is 30.1. The summed E-state index contributed by atoms with van der Waals surface area (Å²) in [6.07, 6.45) is 8.25. The molecule has 3 atom stereocenters. The standard InChI is InChI=1S/C28H24IN3O2S2/c1-18(27(33)30-20-15-13-19(29)14-16-20)35-22-8-6-7-21(17-22)31-28(34)32-23-9-2-4-11-25(23)36-26-12-5-3-10-24(26)32/h2-18,23,25H,1H3,(H,30,33)(H,31,34). The third-order valence-corrected chi connectivity index (χ3v) is 8.96. The van der Waals surface area contributed by atoms with E-state index in [1.165, 1.54) is 11.8 Å². The molecule has 0 bridgehead atoms. The molecule has 0 radical (unpaired) electrons. The van der Waals surface area contributed by atoms with Gasteiger partial charge in [0.2, 0.25) is 5.91 Å². The highest BCUT2D eigenvalue weighted by atomic mass is 127. The van der Waals surface area contributed by atoms with Crippen molar-refractivity contribution in [2.75, 3.05) is 15.5 Å². The highest BCUT2D eigenvalue weighted by Gasteiger charge is 2.36. The van der Waals surface area contributed by atoms with Crippen LogP contribution in [0.15, 0.2) is 107 Å². The number of urea groups is 1. The molecule has 1 aliphatic carbocycles. The SMILES string of the molecule is CC(Sc1cccc(NC(=O)N2c3ccccc3SC3C=CC=CC32)c1)C(=O)Nc1ccc(I)cc1. The van der Waals surface area contributed by atoms with Crippen molar-refractivity contribution in [2.24, 2.45) is 0 Å². The van der Waals surface area contributed by atoms with Crippen molar-refractivity contribution in [3.63, 3.8) is 0 Å². The second kappa shape index (κ2) is 11.1. The normalized spacial score (nSPS) is 18.7. The third-order valence-electron chi connectivity index (χ3n) is 5.84. The summed E-state index contributed by atoms with van der Waals surface area (Å²) >= 11 is 5.47. The van der Waals surface area contributed by atoms with Gasteiger partial charge in [-0.25, -0.2) is 4.79 Å². The Hall–Kier alpha value is -2.69. The quantitative estimate of drug-likeness (QED) is 0.229. The minimum atomic E-state index is -0.304. The smallest absolute Gasteiger partial charge is 0.325 e. The maximum atomic E-state index is 13.5. The molecule has 3 aromatic carbocycles. The lowest BCUT2D eigenvalue weighted by atomic mass is 10.1. The molecule has 182 valence electrons. The van der Waals surface area contributed by atoms with Gasteiger partial charge in [-0.1, -0.05) is 42.5 Å². The van der Waals surface area contributed by atoms with Gasteiger partial charge in [-0.15, -0.1) is 23.5 Å². The van der Waals surface area contributed by atoms with E-state index < -0.39 is 0 Å². The second-order valence-electron chi connectivity index (χ2n) is 8.39. The van der Waals surface area contributed by atoms with E-state index in [-0.39, 0.29) is 28.5 Å². The van der Waals surface area contributed by atoms with E-state index in [0.29, 0.717) is 5.69 Å². The Bertz CT molecular complexity index is 1340. The minimum absolute atomic E-state index is 0.0579. The Labute approximate surface area is 232 Å². The summed E-state index contributed by atoms with van der Waals surface area (Å²) in [7, 11) is 0. The zero-order valence-electron chi connectivity index (χ0n) is 19.4. The number of hydrogen-bond donors (Lipinski definition) is 2. The van der Waals surface area contributed by atoms with Gasteiger partial charge < -0.3 is 10.6 Å². The van der Waals surface area contributed by atoms with Gasteiger partial charge in [-0.3, -0.25) is 9.69 Å². The van der Waals surface area contributed by atoms with Gasteiger partial charge in [0, 0.05) is 24.7 Å². The first-order chi connectivity index (χ1) is 17.5. The fourth-order valence-electron chi connectivity index (χ4n) is 4.09. The predicted molar refractivity (Wildman–Crippen MR) is 159 cm³/mol. The van der Waals surface area contributed by atoms with Gasteiger partial charge in [0.25, 0.3) is 0 Å². The molecule has 0 spiro atoms. The van der Waals surface area contributed by atoms with Crippen LogP contribution in [0.4, 0.5) is 21.9 Å². The number of hydrogen-bond acceptors (Lipinski definition) is 4. The zero-order chi connectivity index (χ0) is 25.1. The van der Waals surface area contributed by atoms with Gasteiger partial charge in [-0.2, -0.15) is 0 Å². The lowest BCUT2D eigenvalue weighted by Crippen LogP contribution is -2.49. The lowest BCUT2D eigenvalue weighted by Gasteiger charge is -2.40. The van der Waals surface area contributed by atoms with Crippen molar-refractivity contribution in [1.82, 2.24) is 0 Å². The van der Waals surface area contributed by atoms with Gasteiger partial charge in [-0.05, 0) is 84.1 Å². The van der Waals surface area contributed by atoms with Crippen LogP contribution >= 0.6 is 46.1 Å². The van der Waals surface area contributed by atoms with E-state index in [0.717, 1.165) is 24.7 Å². The summed E-state index contributed by atoms with van der Waals surface area (Å²) in [6.45, 7) is 1.88. The zero-order valence-corrected chi connectivity index (χ0v) is 23.2. The molecule has 1 heterocycles. The monoisotopic (exact) mass is 625 g/mol. The Morgan fingerprint density at radius 1 is 0.944 bits per heavy atom. The molecule has 5 nitrogen and oxygen atoms in total. The number of para-hydroxylation sites is 1. The van der Waals surface area contributed by atoms with Gasteiger partial charge in [0.15, 0.2) is 0 Å². The lowest BCUT2D eigenvalue weighted by molar-refractivity contribution is -0.115. The molecule has 5 rings (SSSR count). The number of rotatable bonds is 5. The maximum absolute atomic E-state index is 13.5. The molecule has 0 saturated carbocycles. The molecule has 3 unspecified atom stereocenters. The molecule has 36 heavy (non-hydrogen) atoms. The highest BCUT2D eigenvalue weighted by Crippen LogP contribution is 2.43. The van der Waals surface area contributed by atoms with Crippen molar-refractivity contribution in [3.05, 3.63) is 101 Å². The first-order valence-electron chi connectivity index (χ1n) is 11.5. The molecule has 3 aromatic rings. The van der Waals surface area contributed by atoms with Crippen LogP contribution in [0.2, 0.25) is 0 Å². The van der Waals surface area contributed by atoms with Crippen LogP contribution in [0.3, 0.4) is 0 Å². The Morgan fingerprint density at radius 2 is 1.72 bits per heavy atom. The number of fused-ring (bicyclic) bond motifs is 2. The highest BCUT2D eigenvalue weighted by molar-refractivity contribution is 14.1. The summed E-state index contributed by atoms with van der Waals surface area (Å²) in [6, 6.07) is 23.1. The fraction of sp³-hybridized carbons (Fsp3) is 0.143. The van der Waals surface area contributed by atoms with Gasteiger partial charge >= 0.3 is 6.03 Å². The number of allylic oxidation sites excluding steroid dienone is 2. The molecule has 0 saturated heterocycles. The van der Waals surface area contributed by atoms with Gasteiger partial charge in [0.05, 0.1) is 22.2 Å². The number of anilines is 3. The van der Waals surface area contributed by atoms with Crippen LogP contribution < -0.4 is 15.5 Å². The maximum Gasteiger partial charge on any atom is 0.326 e. The molecule has 2 aliphatic rings. The van der Waals surface area contributed by atoms with E-state index in [4.69, 9.17) is 0 Å². The van der Waals surface area contributed by atoms with Crippen LogP contribution in [0.5, 0.6) is 0 Å². The van der Waals surface area contributed by atoms with E-state index in [2.05, 4.69) is 51.4 Å². The first kappa shape index (κ1) is 25.0. The number of amides is 3. The average molecular weight is 626 g/mol. The summed E-state index contributed by atoms with van der Waals surface area (Å²) in [5, 5.41) is 5.91. The number of nitrogens with zero attached hydrogens (tertiary/aromatic N) is 1. The predicted octanol–water partition coefficient (Wildman–Crippen LogP) is 7.42. The van der Waals surface area contributed by atoms with Crippen LogP contribution in [0.1, 0.15) is 6.92 Å². The number of thioether (sulfide) groups is 2. The molecule has 3 amide bonds. The van der Waals surface area contributed by atoms with Crippen molar-refractivity contribution in [2.45, 2.75) is 33.3 Å². The number of nitrogens with one attached hydrogen (secondary N) is 2. The molecule has 0 fully saturated rings. The number of carbonyl (C=O) groups is 2. The second-order valence-corrected chi connectivity index (χ2v) is 12.3. The number of halogens is 1. The van der Waals surface area contributed by atoms with Crippen LogP contribution in [0, 0.1) is 3.57 Å². The number of carbonyl (C=O) groups excluding carboxylic acids is 2. The van der Waals surface area contributed by atoms with Crippen LogP contribution in [-0.4, -0.2) is 28.5 Å². The topological polar surface area (TPSA) is 61.4 Å². The molecule has 8 heteroatoms. The summed E-state index contributed by atoms with van der Waals surface area (Å²) in [5.74, 6) is -0.0683. The van der Waals surface area contributed by atoms with Crippen LogP contribution in [0.25, 0.3) is 0 Å². The molecule has 2 N–H and O–H groups in total. The van der Waals surface area contributed by atoms with Crippen molar-refractivity contribution >= 4 is 75.1 Å². The van der Waals surface area contributed by atoms with Crippen molar-refractivity contribution in [1.29, 1.82) is 0 Å². The molecular formula is C28H24IN3O2S2. The number of benzene rings is 3. The largest absolute Gasteiger partial charge is 0.326 e. The average Bonchev–Trinajstić information content (AvgIpc) is 2.88. The van der Waals surface area contributed by atoms with Gasteiger partial charge in [0.1, 0.15) is 0 Å². The van der Waals surface area contributed by atoms with Crippen molar-refractivity contribution < 1.29 is 9.59 Å². The Kier molecular flexibility index (Phi) is 7.73. The van der Waals surface area contributed by atoms with E-state index >= 15 is 0 Å². The van der Waals surface area contributed by atoms with E-state index in [1.807, 2.05) is 90.7 Å². The fourth-order valence-corrected chi connectivity index (χ4v) is 6.64.